The molecular formula is C12H15BrClNO2. The van der Waals surface area contributed by atoms with Crippen LogP contribution in [-0.2, 0) is 4.79 Å². The van der Waals surface area contributed by atoms with Crippen LogP contribution >= 0.6 is 27.5 Å². The van der Waals surface area contributed by atoms with E-state index in [1.807, 2.05) is 6.92 Å². The number of nitrogens with one attached hydrogen (secondary N) is 1. The van der Waals surface area contributed by atoms with E-state index >= 15 is 0 Å². The molecule has 1 amide bonds. The van der Waals surface area contributed by atoms with Crippen LogP contribution in [0.2, 0.25) is 5.02 Å². The van der Waals surface area contributed by atoms with E-state index in [0.29, 0.717) is 10.8 Å². The van der Waals surface area contributed by atoms with Crippen molar-refractivity contribution >= 4 is 33.4 Å². The minimum absolute atomic E-state index is 0.00691. The van der Waals surface area contributed by atoms with Gasteiger partial charge in [-0.1, -0.05) is 33.6 Å². The molecule has 1 unspecified atom stereocenters. The molecule has 0 aromatic heterocycles. The molecule has 17 heavy (non-hydrogen) atoms. The molecule has 94 valence electrons. The maximum Gasteiger partial charge on any atom is 0.258 e. The van der Waals surface area contributed by atoms with Crippen molar-refractivity contribution < 1.29 is 9.53 Å². The predicted molar refractivity (Wildman–Crippen MR) is 73.0 cm³/mol. The fraction of sp³-hybridized carbons (Fsp3) is 0.417. The first-order valence-electron chi connectivity index (χ1n) is 5.35. The molecule has 1 rings (SSSR count). The Morgan fingerprint density at radius 1 is 1.59 bits per heavy atom. The summed E-state index contributed by atoms with van der Waals surface area (Å²) >= 11 is 9.13. The van der Waals surface area contributed by atoms with E-state index in [0.717, 1.165) is 11.8 Å². The van der Waals surface area contributed by atoms with Gasteiger partial charge in [-0.05, 0) is 31.5 Å². The Kier molecular flexibility index (Phi) is 6.37. The monoisotopic (exact) mass is 319 g/mol. The quantitative estimate of drug-likeness (QED) is 0.818. The molecule has 5 heteroatoms. The molecule has 1 atom stereocenters. The Labute approximate surface area is 115 Å². The van der Waals surface area contributed by atoms with Crippen LogP contribution in [0.3, 0.4) is 0 Å². The average Bonchev–Trinajstić information content (AvgIpc) is 2.27. The number of alkyl halides is 1. The fourth-order valence-corrected chi connectivity index (χ4v) is 2.13. The van der Waals surface area contributed by atoms with Gasteiger partial charge in [-0.15, -0.1) is 0 Å². The maximum absolute atomic E-state index is 11.5. The van der Waals surface area contributed by atoms with Crippen molar-refractivity contribution in [3.63, 3.8) is 0 Å². The zero-order chi connectivity index (χ0) is 12.7. The highest BCUT2D eigenvalue weighted by Crippen LogP contribution is 2.16. The third-order valence-electron chi connectivity index (χ3n) is 2.12. The van der Waals surface area contributed by atoms with Crippen molar-refractivity contribution in [1.82, 2.24) is 5.32 Å². The number of hydrogen-bond donors (Lipinski definition) is 1. The Morgan fingerprint density at radius 3 is 3.00 bits per heavy atom. The van der Waals surface area contributed by atoms with Crippen LogP contribution in [0, 0.1) is 0 Å². The Hall–Kier alpha value is -0.740. The third-order valence-corrected chi connectivity index (χ3v) is 2.81. The highest BCUT2D eigenvalue weighted by atomic mass is 79.9. The van der Waals surface area contributed by atoms with Gasteiger partial charge in [0.1, 0.15) is 5.75 Å². The molecule has 0 saturated heterocycles. The van der Waals surface area contributed by atoms with Gasteiger partial charge in [0.25, 0.3) is 5.91 Å². The summed E-state index contributed by atoms with van der Waals surface area (Å²) in [6.45, 7) is 1.96. The van der Waals surface area contributed by atoms with Crippen LogP contribution in [-0.4, -0.2) is 23.9 Å². The number of rotatable bonds is 6. The molecule has 0 fully saturated rings. The molecule has 0 saturated carbocycles. The molecule has 0 aliphatic rings. The summed E-state index contributed by atoms with van der Waals surface area (Å²) < 4.78 is 5.32. The number of carbonyl (C=O) groups excluding carboxylic acids is 1. The Balaban J connectivity index is 2.33. The Morgan fingerprint density at radius 2 is 2.35 bits per heavy atom. The zero-order valence-corrected chi connectivity index (χ0v) is 11.9. The number of hydrogen-bond acceptors (Lipinski definition) is 2. The molecule has 1 N–H and O–H groups in total. The number of halogens is 2. The van der Waals surface area contributed by atoms with E-state index in [-0.39, 0.29) is 18.6 Å². The van der Waals surface area contributed by atoms with Crippen molar-refractivity contribution in [3.8, 4) is 5.75 Å². The van der Waals surface area contributed by atoms with Crippen LogP contribution in [0.25, 0.3) is 0 Å². The highest BCUT2D eigenvalue weighted by Gasteiger charge is 2.07. The van der Waals surface area contributed by atoms with E-state index in [1.54, 1.807) is 24.3 Å². The van der Waals surface area contributed by atoms with Crippen LogP contribution in [0.1, 0.15) is 13.3 Å². The molecule has 0 heterocycles. The van der Waals surface area contributed by atoms with Crippen molar-refractivity contribution in [1.29, 1.82) is 0 Å². The lowest BCUT2D eigenvalue weighted by Crippen LogP contribution is -2.36. The predicted octanol–water partition coefficient (Wildman–Crippen LogP) is 3.01. The highest BCUT2D eigenvalue weighted by molar-refractivity contribution is 9.09. The number of ether oxygens (including phenoxy) is 1. The molecule has 0 spiro atoms. The number of carbonyl (C=O) groups is 1. The van der Waals surface area contributed by atoms with Crippen LogP contribution in [0.5, 0.6) is 5.75 Å². The summed E-state index contributed by atoms with van der Waals surface area (Å²) in [5, 5.41) is 4.30. The minimum Gasteiger partial charge on any atom is -0.484 e. The van der Waals surface area contributed by atoms with Gasteiger partial charge in [-0.2, -0.15) is 0 Å². The molecule has 0 bridgehead atoms. The van der Waals surface area contributed by atoms with Gasteiger partial charge >= 0.3 is 0 Å². The van der Waals surface area contributed by atoms with Crippen LogP contribution < -0.4 is 10.1 Å². The lowest BCUT2D eigenvalue weighted by Gasteiger charge is -2.12. The summed E-state index contributed by atoms with van der Waals surface area (Å²) in [6.07, 6.45) is 0.892. The van der Waals surface area contributed by atoms with E-state index in [2.05, 4.69) is 21.2 Å². The number of amides is 1. The van der Waals surface area contributed by atoms with Gasteiger partial charge in [-0.3, -0.25) is 4.79 Å². The van der Waals surface area contributed by atoms with Gasteiger partial charge < -0.3 is 10.1 Å². The lowest BCUT2D eigenvalue weighted by molar-refractivity contribution is -0.123. The second-order valence-electron chi connectivity index (χ2n) is 3.69. The second-order valence-corrected chi connectivity index (χ2v) is 4.92. The SMILES string of the molecule is CC(CCBr)NC(=O)COc1cccc(Cl)c1. The van der Waals surface area contributed by atoms with Gasteiger partial charge in [0.05, 0.1) is 0 Å². The molecule has 1 aromatic carbocycles. The Bertz CT molecular complexity index is 373. The zero-order valence-electron chi connectivity index (χ0n) is 9.58. The normalized spacial score (nSPS) is 11.9. The summed E-state index contributed by atoms with van der Waals surface area (Å²) in [5.41, 5.74) is 0. The summed E-state index contributed by atoms with van der Waals surface area (Å²) in [4.78, 5) is 11.5. The molecule has 0 radical (unpaired) electrons. The third kappa shape index (κ3) is 5.94. The first-order valence-corrected chi connectivity index (χ1v) is 6.85. The average molecular weight is 321 g/mol. The standard InChI is InChI=1S/C12H15BrClNO2/c1-9(5-6-13)15-12(16)8-17-11-4-2-3-10(14)7-11/h2-4,7,9H,5-6,8H2,1H3,(H,15,16). The van der Waals surface area contributed by atoms with Gasteiger partial charge in [0.15, 0.2) is 6.61 Å². The second kappa shape index (κ2) is 7.56. The number of benzene rings is 1. The van der Waals surface area contributed by atoms with Crippen molar-refractivity contribution in [2.24, 2.45) is 0 Å². The van der Waals surface area contributed by atoms with E-state index < -0.39 is 0 Å². The minimum atomic E-state index is -0.126. The topological polar surface area (TPSA) is 38.3 Å². The van der Waals surface area contributed by atoms with Crippen molar-refractivity contribution in [2.45, 2.75) is 19.4 Å². The molecule has 3 nitrogen and oxygen atoms in total. The van der Waals surface area contributed by atoms with Crippen molar-refractivity contribution in [3.05, 3.63) is 29.3 Å². The summed E-state index contributed by atoms with van der Waals surface area (Å²) in [5.74, 6) is 0.472. The van der Waals surface area contributed by atoms with Gasteiger partial charge in [-0.25, -0.2) is 0 Å². The summed E-state index contributed by atoms with van der Waals surface area (Å²) in [6, 6.07) is 7.12. The van der Waals surface area contributed by atoms with E-state index in [9.17, 15) is 4.79 Å². The smallest absolute Gasteiger partial charge is 0.258 e. The van der Waals surface area contributed by atoms with E-state index in [1.165, 1.54) is 0 Å². The maximum atomic E-state index is 11.5. The first-order chi connectivity index (χ1) is 8.11. The molecule has 1 aromatic rings. The first kappa shape index (κ1) is 14.3. The lowest BCUT2D eigenvalue weighted by atomic mass is 10.2. The largest absolute Gasteiger partial charge is 0.484 e. The fourth-order valence-electron chi connectivity index (χ4n) is 1.26. The van der Waals surface area contributed by atoms with Gasteiger partial charge in [0, 0.05) is 16.4 Å². The molecule has 0 aliphatic carbocycles. The molecular weight excluding hydrogens is 305 g/mol. The van der Waals surface area contributed by atoms with Gasteiger partial charge in [0.2, 0.25) is 0 Å². The van der Waals surface area contributed by atoms with Crippen LogP contribution in [0.4, 0.5) is 0 Å². The van der Waals surface area contributed by atoms with Crippen molar-refractivity contribution in [2.75, 3.05) is 11.9 Å². The molecule has 0 aliphatic heterocycles. The summed E-state index contributed by atoms with van der Waals surface area (Å²) in [7, 11) is 0. The van der Waals surface area contributed by atoms with Crippen LogP contribution in [0.15, 0.2) is 24.3 Å². The van der Waals surface area contributed by atoms with E-state index in [4.69, 9.17) is 16.3 Å².